The smallest absolute Gasteiger partial charge is 0.258 e. The van der Waals surface area contributed by atoms with Gasteiger partial charge in [0.2, 0.25) is 0 Å². The molecule has 1 aliphatic carbocycles. The van der Waals surface area contributed by atoms with Gasteiger partial charge in [0.15, 0.2) is 11.5 Å². The average molecular weight is 315 g/mol. The van der Waals surface area contributed by atoms with Crippen LogP contribution in [0, 0.1) is 5.82 Å². The van der Waals surface area contributed by atoms with Gasteiger partial charge in [-0.3, -0.25) is 4.79 Å². The fourth-order valence-corrected chi connectivity index (χ4v) is 2.96. The summed E-state index contributed by atoms with van der Waals surface area (Å²) in [4.78, 5) is 12.4. The first-order chi connectivity index (χ1) is 11.2. The Morgan fingerprint density at radius 1 is 1.22 bits per heavy atom. The minimum absolute atomic E-state index is 0.110. The van der Waals surface area contributed by atoms with Gasteiger partial charge in [-0.05, 0) is 29.7 Å². The molecule has 0 heterocycles. The lowest BCUT2D eigenvalue weighted by molar-refractivity contribution is 0.0942. The predicted octanol–water partition coefficient (Wildman–Crippen LogP) is 2.91. The van der Waals surface area contributed by atoms with E-state index in [0.29, 0.717) is 12.3 Å². The Hall–Kier alpha value is -2.56. The van der Waals surface area contributed by atoms with E-state index < -0.39 is 11.7 Å². The van der Waals surface area contributed by atoms with E-state index in [-0.39, 0.29) is 17.2 Å². The molecule has 0 bridgehead atoms. The molecule has 0 aromatic heterocycles. The zero-order valence-corrected chi connectivity index (χ0v) is 13.1. The van der Waals surface area contributed by atoms with Crippen LogP contribution in [0.2, 0.25) is 0 Å². The number of carbonyl (C=O) groups is 1. The number of rotatable bonds is 5. The lowest BCUT2D eigenvalue weighted by Gasteiger charge is -2.30. The van der Waals surface area contributed by atoms with Crippen molar-refractivity contribution in [3.63, 3.8) is 0 Å². The molecule has 120 valence electrons. The van der Waals surface area contributed by atoms with Crippen LogP contribution in [0.15, 0.2) is 36.4 Å². The van der Waals surface area contributed by atoms with Crippen molar-refractivity contribution in [3.05, 3.63) is 58.9 Å². The van der Waals surface area contributed by atoms with Crippen LogP contribution >= 0.6 is 0 Å². The molecule has 1 aliphatic rings. The van der Waals surface area contributed by atoms with Crippen LogP contribution in [-0.2, 0) is 6.42 Å². The lowest BCUT2D eigenvalue weighted by atomic mass is 9.77. The van der Waals surface area contributed by atoms with Crippen LogP contribution in [0.5, 0.6) is 11.5 Å². The molecule has 23 heavy (non-hydrogen) atoms. The molecule has 0 saturated carbocycles. The van der Waals surface area contributed by atoms with Gasteiger partial charge in [-0.1, -0.05) is 24.3 Å². The molecule has 0 aliphatic heterocycles. The number of carbonyl (C=O) groups excluding carboxylic acids is 1. The Bertz CT molecular complexity index is 745. The summed E-state index contributed by atoms with van der Waals surface area (Å²) >= 11 is 0. The molecule has 0 radical (unpaired) electrons. The quantitative estimate of drug-likeness (QED) is 0.923. The van der Waals surface area contributed by atoms with Crippen molar-refractivity contribution < 1.29 is 18.7 Å². The van der Waals surface area contributed by atoms with E-state index in [1.165, 1.54) is 37.5 Å². The number of hydrogen-bond acceptors (Lipinski definition) is 3. The number of benzene rings is 2. The average Bonchev–Trinajstić information content (AvgIpc) is 2.55. The lowest BCUT2D eigenvalue weighted by Crippen LogP contribution is -2.33. The zero-order valence-electron chi connectivity index (χ0n) is 13.1. The number of halogens is 1. The summed E-state index contributed by atoms with van der Waals surface area (Å²) in [6, 6.07) is 10.8. The number of nitrogens with one attached hydrogen (secondary N) is 1. The molecule has 0 saturated heterocycles. The highest BCUT2D eigenvalue weighted by molar-refractivity contribution is 5.98. The van der Waals surface area contributed by atoms with Gasteiger partial charge >= 0.3 is 0 Å². The molecule has 5 heteroatoms. The molecule has 1 amide bonds. The van der Waals surface area contributed by atoms with Crippen molar-refractivity contribution in [1.29, 1.82) is 0 Å². The van der Waals surface area contributed by atoms with Crippen LogP contribution in [0.4, 0.5) is 4.39 Å². The second-order valence-electron chi connectivity index (χ2n) is 5.47. The maximum Gasteiger partial charge on any atom is 0.258 e. The van der Waals surface area contributed by atoms with Crippen molar-refractivity contribution >= 4 is 5.91 Å². The summed E-state index contributed by atoms with van der Waals surface area (Å²) in [5.74, 6) is -0.418. The van der Waals surface area contributed by atoms with Crippen molar-refractivity contribution in [3.8, 4) is 11.5 Å². The maximum atomic E-state index is 14.1. The molecule has 1 N–H and O–H groups in total. The number of ether oxygens (including phenoxy) is 2. The summed E-state index contributed by atoms with van der Waals surface area (Å²) in [6.45, 7) is 0.468. The third-order valence-corrected chi connectivity index (χ3v) is 4.19. The van der Waals surface area contributed by atoms with Gasteiger partial charge in [-0.15, -0.1) is 0 Å². The molecule has 4 nitrogen and oxygen atoms in total. The van der Waals surface area contributed by atoms with Crippen molar-refractivity contribution in [2.75, 3.05) is 20.8 Å². The Kier molecular flexibility index (Phi) is 4.19. The Balaban J connectivity index is 1.75. The summed E-state index contributed by atoms with van der Waals surface area (Å²) < 4.78 is 24.3. The molecule has 2 aromatic rings. The van der Waals surface area contributed by atoms with Crippen molar-refractivity contribution in [2.45, 2.75) is 12.3 Å². The van der Waals surface area contributed by atoms with Gasteiger partial charge in [-0.2, -0.15) is 0 Å². The number of amides is 1. The second-order valence-corrected chi connectivity index (χ2v) is 5.47. The maximum absolute atomic E-state index is 14.1. The van der Waals surface area contributed by atoms with Crippen molar-refractivity contribution in [2.24, 2.45) is 0 Å². The number of hydrogen-bond donors (Lipinski definition) is 1. The molecule has 1 atom stereocenters. The van der Waals surface area contributed by atoms with Crippen molar-refractivity contribution in [1.82, 2.24) is 5.32 Å². The van der Waals surface area contributed by atoms with E-state index in [9.17, 15) is 9.18 Å². The number of fused-ring (bicyclic) bond motifs is 1. The fourth-order valence-electron chi connectivity index (χ4n) is 2.96. The van der Waals surface area contributed by atoms with Gasteiger partial charge in [-0.25, -0.2) is 4.39 Å². The highest BCUT2D eigenvalue weighted by Crippen LogP contribution is 2.35. The van der Waals surface area contributed by atoms with E-state index in [4.69, 9.17) is 9.47 Å². The minimum atomic E-state index is -0.630. The first kappa shape index (κ1) is 15.3. The summed E-state index contributed by atoms with van der Waals surface area (Å²) in [5.41, 5.74) is 2.42. The van der Waals surface area contributed by atoms with Crippen LogP contribution in [0.25, 0.3) is 0 Å². The first-order valence-electron chi connectivity index (χ1n) is 7.42. The molecule has 0 unspecified atom stereocenters. The van der Waals surface area contributed by atoms with E-state index in [1.807, 2.05) is 12.1 Å². The molecule has 0 spiro atoms. The largest absolute Gasteiger partial charge is 0.493 e. The van der Waals surface area contributed by atoms with Crippen LogP contribution in [-0.4, -0.2) is 26.7 Å². The van der Waals surface area contributed by atoms with E-state index in [0.717, 1.165) is 6.42 Å². The van der Waals surface area contributed by atoms with E-state index in [1.54, 1.807) is 0 Å². The highest BCUT2D eigenvalue weighted by Gasteiger charge is 2.27. The first-order valence-corrected chi connectivity index (χ1v) is 7.42. The molecule has 2 aromatic carbocycles. The fraction of sp³-hybridized carbons (Fsp3) is 0.278. The summed E-state index contributed by atoms with van der Waals surface area (Å²) in [6.07, 6.45) is 0.925. The van der Waals surface area contributed by atoms with E-state index in [2.05, 4.69) is 17.4 Å². The standard InChI is InChI=1S/C18H18FNO3/c1-22-15-8-7-14(19)16(17(15)23-2)18(21)20-10-12-9-11-5-3-4-6-13(11)12/h3-8,12H,9-10H2,1-2H3,(H,20,21)/t12-/m1/s1. The Labute approximate surface area is 134 Å². The van der Waals surface area contributed by atoms with E-state index >= 15 is 0 Å². The third kappa shape index (κ3) is 2.74. The third-order valence-electron chi connectivity index (χ3n) is 4.19. The molecule has 0 fully saturated rings. The van der Waals surface area contributed by atoms with Crippen LogP contribution < -0.4 is 14.8 Å². The second kappa shape index (κ2) is 6.28. The topological polar surface area (TPSA) is 47.6 Å². The van der Waals surface area contributed by atoms with Gasteiger partial charge in [0.05, 0.1) is 14.2 Å². The van der Waals surface area contributed by atoms with Crippen LogP contribution in [0.1, 0.15) is 27.4 Å². The number of methoxy groups -OCH3 is 2. The van der Waals surface area contributed by atoms with Gasteiger partial charge in [0.25, 0.3) is 5.91 Å². The highest BCUT2D eigenvalue weighted by atomic mass is 19.1. The normalized spacial score (nSPS) is 15.3. The van der Waals surface area contributed by atoms with Gasteiger partial charge in [0.1, 0.15) is 11.4 Å². The Morgan fingerprint density at radius 2 is 2.00 bits per heavy atom. The summed E-state index contributed by atoms with van der Waals surface area (Å²) in [5, 5.41) is 2.79. The SMILES string of the molecule is COc1ccc(F)c(C(=O)NC[C@H]2Cc3ccccc32)c1OC. The zero-order chi connectivity index (χ0) is 16.4. The van der Waals surface area contributed by atoms with Crippen LogP contribution in [0.3, 0.4) is 0 Å². The molecular formula is C18H18FNO3. The monoisotopic (exact) mass is 315 g/mol. The molecular weight excluding hydrogens is 297 g/mol. The summed E-state index contributed by atoms with van der Waals surface area (Å²) in [7, 11) is 2.83. The Morgan fingerprint density at radius 3 is 2.70 bits per heavy atom. The predicted molar refractivity (Wildman–Crippen MR) is 84.7 cm³/mol. The van der Waals surface area contributed by atoms with Gasteiger partial charge < -0.3 is 14.8 Å². The van der Waals surface area contributed by atoms with Gasteiger partial charge in [0, 0.05) is 12.5 Å². The minimum Gasteiger partial charge on any atom is -0.493 e. The molecule has 3 rings (SSSR count).